The fraction of sp³-hybridized carbons (Fsp3) is 0.182. The molecular formula is C22H19N5O2S. The van der Waals surface area contributed by atoms with Crippen LogP contribution in [0.5, 0.6) is 0 Å². The standard InChI is InChI=1S/C22H19N5O2S/c1-14-7-9-15(10-8-14)27-19(28)13-16(20(27)17-5-4-12-30-17)21(29)23-22-25-24-18-6-2-3-11-26(18)22/h2-12,16,20H,13H2,1H3,(H,23,25,29). The van der Waals surface area contributed by atoms with Gasteiger partial charge in [-0.2, -0.15) is 0 Å². The minimum atomic E-state index is -0.534. The summed E-state index contributed by atoms with van der Waals surface area (Å²) >= 11 is 1.55. The van der Waals surface area contributed by atoms with Crippen LogP contribution in [0, 0.1) is 12.8 Å². The third kappa shape index (κ3) is 3.15. The van der Waals surface area contributed by atoms with Crippen LogP contribution < -0.4 is 10.2 Å². The van der Waals surface area contributed by atoms with Gasteiger partial charge in [-0.1, -0.05) is 29.8 Å². The Bertz CT molecular complexity index is 1220. The second-order valence-corrected chi connectivity index (χ2v) is 8.29. The van der Waals surface area contributed by atoms with Crippen LogP contribution in [0.2, 0.25) is 0 Å². The third-order valence-electron chi connectivity index (χ3n) is 5.35. The summed E-state index contributed by atoms with van der Waals surface area (Å²) < 4.78 is 1.71. The highest BCUT2D eigenvalue weighted by Crippen LogP contribution is 2.43. The monoisotopic (exact) mass is 417 g/mol. The molecule has 1 aliphatic heterocycles. The molecule has 2 unspecified atom stereocenters. The zero-order chi connectivity index (χ0) is 20.7. The second kappa shape index (κ2) is 7.38. The van der Waals surface area contributed by atoms with Gasteiger partial charge in [-0.05, 0) is 42.6 Å². The summed E-state index contributed by atoms with van der Waals surface area (Å²) in [6.07, 6.45) is 1.93. The molecule has 4 aromatic rings. The minimum absolute atomic E-state index is 0.0662. The largest absolute Gasteiger partial charge is 0.303 e. The number of amides is 2. The predicted octanol–water partition coefficient (Wildman–Crippen LogP) is 3.83. The Labute approximate surface area is 177 Å². The van der Waals surface area contributed by atoms with Crippen molar-refractivity contribution in [1.29, 1.82) is 0 Å². The van der Waals surface area contributed by atoms with Crippen LogP contribution >= 0.6 is 11.3 Å². The van der Waals surface area contributed by atoms with E-state index >= 15 is 0 Å². The van der Waals surface area contributed by atoms with Gasteiger partial charge in [0.2, 0.25) is 17.8 Å². The van der Waals surface area contributed by atoms with Crippen molar-refractivity contribution in [2.24, 2.45) is 5.92 Å². The minimum Gasteiger partial charge on any atom is -0.303 e. The molecule has 0 aliphatic carbocycles. The quantitative estimate of drug-likeness (QED) is 0.547. The van der Waals surface area contributed by atoms with E-state index in [4.69, 9.17) is 0 Å². The van der Waals surface area contributed by atoms with Gasteiger partial charge in [0, 0.05) is 23.2 Å². The van der Waals surface area contributed by atoms with E-state index in [9.17, 15) is 9.59 Å². The first-order valence-electron chi connectivity index (χ1n) is 9.64. The summed E-state index contributed by atoms with van der Waals surface area (Å²) in [6.45, 7) is 2.01. The Hall–Kier alpha value is -3.52. The lowest BCUT2D eigenvalue weighted by atomic mass is 9.97. The highest BCUT2D eigenvalue weighted by Gasteiger charge is 2.46. The van der Waals surface area contributed by atoms with Gasteiger partial charge in [0.15, 0.2) is 5.65 Å². The zero-order valence-corrected chi connectivity index (χ0v) is 17.0. The molecule has 1 N–H and O–H groups in total. The molecule has 8 heteroatoms. The van der Waals surface area contributed by atoms with Crippen LogP contribution in [0.25, 0.3) is 5.65 Å². The summed E-state index contributed by atoms with van der Waals surface area (Å²) in [5, 5.41) is 13.0. The first kappa shape index (κ1) is 18.5. The van der Waals surface area contributed by atoms with Crippen LogP contribution in [0.4, 0.5) is 11.6 Å². The van der Waals surface area contributed by atoms with Gasteiger partial charge in [-0.25, -0.2) is 0 Å². The van der Waals surface area contributed by atoms with Crippen molar-refractivity contribution in [3.8, 4) is 0 Å². The van der Waals surface area contributed by atoms with E-state index in [0.717, 1.165) is 16.1 Å². The molecule has 0 radical (unpaired) electrons. The van der Waals surface area contributed by atoms with Crippen LogP contribution in [-0.4, -0.2) is 26.4 Å². The maximum atomic E-state index is 13.3. The maximum absolute atomic E-state index is 13.3. The molecule has 7 nitrogen and oxygen atoms in total. The van der Waals surface area contributed by atoms with Crippen molar-refractivity contribution >= 4 is 40.4 Å². The van der Waals surface area contributed by atoms with E-state index in [2.05, 4.69) is 15.5 Å². The smallest absolute Gasteiger partial charge is 0.235 e. The van der Waals surface area contributed by atoms with Crippen molar-refractivity contribution in [2.45, 2.75) is 19.4 Å². The number of nitrogens with zero attached hydrogens (tertiary/aromatic N) is 4. The number of thiophene rings is 1. The lowest BCUT2D eigenvalue weighted by Crippen LogP contribution is -2.32. The van der Waals surface area contributed by atoms with Gasteiger partial charge in [0.25, 0.3) is 0 Å². The average Bonchev–Trinajstić information content (AvgIpc) is 3.48. The molecule has 150 valence electrons. The molecule has 1 saturated heterocycles. The Morgan fingerprint density at radius 1 is 1.10 bits per heavy atom. The molecule has 2 atom stereocenters. The first-order valence-corrected chi connectivity index (χ1v) is 10.5. The fourth-order valence-electron chi connectivity index (χ4n) is 3.89. The second-order valence-electron chi connectivity index (χ2n) is 7.31. The Morgan fingerprint density at radius 3 is 2.70 bits per heavy atom. The molecule has 1 aliphatic rings. The van der Waals surface area contributed by atoms with E-state index in [0.29, 0.717) is 11.6 Å². The molecule has 5 rings (SSSR count). The van der Waals surface area contributed by atoms with Crippen molar-refractivity contribution in [3.05, 3.63) is 76.6 Å². The maximum Gasteiger partial charge on any atom is 0.235 e. The SMILES string of the molecule is Cc1ccc(N2C(=O)CC(C(=O)Nc3nnc4ccccn34)C2c2cccs2)cc1. The van der Waals surface area contributed by atoms with Gasteiger partial charge in [0.05, 0.1) is 12.0 Å². The number of fused-ring (bicyclic) bond motifs is 1. The normalized spacial score (nSPS) is 18.8. The fourth-order valence-corrected chi connectivity index (χ4v) is 4.77. The lowest BCUT2D eigenvalue weighted by Gasteiger charge is -2.27. The number of carbonyl (C=O) groups is 2. The first-order chi connectivity index (χ1) is 14.6. The Balaban J connectivity index is 1.49. The molecular weight excluding hydrogens is 398 g/mol. The number of aryl methyl sites for hydroxylation is 1. The average molecular weight is 417 g/mol. The summed E-state index contributed by atoms with van der Waals surface area (Å²) in [5.41, 5.74) is 2.56. The molecule has 4 heterocycles. The lowest BCUT2D eigenvalue weighted by molar-refractivity contribution is -0.122. The van der Waals surface area contributed by atoms with Crippen molar-refractivity contribution < 1.29 is 9.59 Å². The van der Waals surface area contributed by atoms with Crippen LogP contribution in [0.1, 0.15) is 22.9 Å². The van der Waals surface area contributed by atoms with Crippen LogP contribution in [-0.2, 0) is 9.59 Å². The number of nitrogens with one attached hydrogen (secondary N) is 1. The molecule has 0 spiro atoms. The van der Waals surface area contributed by atoms with Crippen molar-refractivity contribution in [1.82, 2.24) is 14.6 Å². The topological polar surface area (TPSA) is 79.6 Å². The number of hydrogen-bond acceptors (Lipinski definition) is 5. The molecule has 2 amide bonds. The molecule has 1 aromatic carbocycles. The summed E-state index contributed by atoms with van der Waals surface area (Å²) in [6, 6.07) is 16.9. The number of anilines is 2. The van der Waals surface area contributed by atoms with Gasteiger partial charge in [-0.3, -0.25) is 19.3 Å². The number of hydrogen-bond donors (Lipinski definition) is 1. The number of pyridine rings is 1. The van der Waals surface area contributed by atoms with E-state index in [-0.39, 0.29) is 24.3 Å². The predicted molar refractivity (Wildman–Crippen MR) is 115 cm³/mol. The Morgan fingerprint density at radius 2 is 1.93 bits per heavy atom. The highest BCUT2D eigenvalue weighted by atomic mass is 32.1. The Kier molecular flexibility index (Phi) is 4.55. The van der Waals surface area contributed by atoms with Crippen molar-refractivity contribution in [3.63, 3.8) is 0 Å². The van der Waals surface area contributed by atoms with Gasteiger partial charge >= 0.3 is 0 Å². The number of aromatic nitrogens is 3. The van der Waals surface area contributed by atoms with E-state index in [1.54, 1.807) is 26.8 Å². The third-order valence-corrected chi connectivity index (χ3v) is 6.30. The summed E-state index contributed by atoms with van der Waals surface area (Å²) in [4.78, 5) is 29.0. The number of carbonyl (C=O) groups excluding carboxylic acids is 2. The zero-order valence-electron chi connectivity index (χ0n) is 16.2. The van der Waals surface area contributed by atoms with Crippen molar-refractivity contribution in [2.75, 3.05) is 10.2 Å². The number of rotatable bonds is 4. The molecule has 3 aromatic heterocycles. The van der Waals surface area contributed by atoms with Gasteiger partial charge in [0.1, 0.15) is 0 Å². The molecule has 30 heavy (non-hydrogen) atoms. The molecule has 0 saturated carbocycles. The highest BCUT2D eigenvalue weighted by molar-refractivity contribution is 7.10. The number of benzene rings is 1. The van der Waals surface area contributed by atoms with Crippen LogP contribution in [0.15, 0.2) is 66.2 Å². The van der Waals surface area contributed by atoms with Crippen LogP contribution in [0.3, 0.4) is 0 Å². The van der Waals surface area contributed by atoms with Gasteiger partial charge < -0.3 is 4.90 Å². The molecule has 0 bridgehead atoms. The summed E-state index contributed by atoms with van der Waals surface area (Å²) in [7, 11) is 0. The van der Waals surface area contributed by atoms with E-state index < -0.39 is 5.92 Å². The van der Waals surface area contributed by atoms with Gasteiger partial charge in [-0.15, -0.1) is 21.5 Å². The summed E-state index contributed by atoms with van der Waals surface area (Å²) in [5.74, 6) is -0.492. The van der Waals surface area contributed by atoms with E-state index in [1.807, 2.05) is 66.9 Å². The molecule has 1 fully saturated rings. The van der Waals surface area contributed by atoms with E-state index in [1.165, 1.54) is 0 Å².